The Balaban J connectivity index is 2.39. The van der Waals surface area contributed by atoms with Crippen LogP contribution in [0.3, 0.4) is 0 Å². The van der Waals surface area contributed by atoms with Crippen molar-refractivity contribution in [3.63, 3.8) is 0 Å². The lowest BCUT2D eigenvalue weighted by Gasteiger charge is -2.14. The quantitative estimate of drug-likeness (QED) is 0.440. The molecule has 0 heterocycles. The zero-order chi connectivity index (χ0) is 17.7. The average Bonchev–Trinajstić information content (AvgIpc) is 2.58. The second-order valence-electron chi connectivity index (χ2n) is 5.78. The van der Waals surface area contributed by atoms with Crippen LogP contribution in [0.2, 0.25) is 0 Å². The Bertz CT molecular complexity index is 626. The fraction of sp³-hybridized carbons (Fsp3) is 0.333. The van der Waals surface area contributed by atoms with Gasteiger partial charge in [-0.05, 0) is 35.4 Å². The first kappa shape index (κ1) is 18.2. The van der Waals surface area contributed by atoms with E-state index < -0.39 is 12.2 Å². The molecule has 0 bridgehead atoms. The maximum atomic E-state index is 10.1. The summed E-state index contributed by atoms with van der Waals surface area (Å²) < 4.78 is 0. The van der Waals surface area contributed by atoms with Gasteiger partial charge in [-0.25, -0.2) is 0 Å². The molecule has 2 aromatic rings. The molecule has 0 radical (unpaired) electrons. The minimum absolute atomic E-state index is 0.0348. The smallest absolute Gasteiger partial charge is 0.123 e. The fourth-order valence-corrected chi connectivity index (χ4v) is 2.53. The summed E-state index contributed by atoms with van der Waals surface area (Å²) in [5, 5.41) is 57.2. The lowest BCUT2D eigenvalue weighted by atomic mass is 9.96. The number of aliphatic hydroxyl groups excluding tert-OH is 4. The molecule has 0 saturated heterocycles. The van der Waals surface area contributed by atoms with E-state index in [2.05, 4.69) is 0 Å². The molecule has 6 heteroatoms. The van der Waals surface area contributed by atoms with Gasteiger partial charge in [0.15, 0.2) is 0 Å². The molecule has 0 spiro atoms. The van der Waals surface area contributed by atoms with Gasteiger partial charge in [0.25, 0.3) is 0 Å². The van der Waals surface area contributed by atoms with Crippen LogP contribution in [0.15, 0.2) is 36.4 Å². The number of phenols is 2. The maximum absolute atomic E-state index is 10.1. The van der Waals surface area contributed by atoms with E-state index in [1.165, 1.54) is 12.1 Å². The molecule has 0 aromatic heterocycles. The summed E-state index contributed by atoms with van der Waals surface area (Å²) in [7, 11) is 0. The molecule has 2 atom stereocenters. The van der Waals surface area contributed by atoms with E-state index in [1.807, 2.05) is 0 Å². The highest BCUT2D eigenvalue weighted by molar-refractivity contribution is 5.76. The average molecular weight is 334 g/mol. The van der Waals surface area contributed by atoms with Crippen LogP contribution in [-0.4, -0.2) is 56.1 Å². The lowest BCUT2D eigenvalue weighted by molar-refractivity contribution is 0.0954. The summed E-state index contributed by atoms with van der Waals surface area (Å²) in [5.74, 6) is -0.0696. The predicted molar refractivity (Wildman–Crippen MR) is 88.8 cm³/mol. The molecule has 0 aliphatic heterocycles. The topological polar surface area (TPSA) is 121 Å². The van der Waals surface area contributed by atoms with E-state index in [-0.39, 0.29) is 37.6 Å². The second-order valence-corrected chi connectivity index (χ2v) is 5.78. The number of phenolic OH excluding ortho intramolecular Hbond substituents is 2. The van der Waals surface area contributed by atoms with E-state index >= 15 is 0 Å². The maximum Gasteiger partial charge on any atom is 0.123 e. The highest BCUT2D eigenvalue weighted by Gasteiger charge is 2.14. The number of aromatic hydroxyl groups is 2. The first-order chi connectivity index (χ1) is 11.4. The van der Waals surface area contributed by atoms with Crippen molar-refractivity contribution in [3.05, 3.63) is 47.5 Å². The van der Waals surface area contributed by atoms with Gasteiger partial charge in [0.1, 0.15) is 11.5 Å². The summed E-state index contributed by atoms with van der Waals surface area (Å²) in [6.45, 7) is -0.730. The Morgan fingerprint density at radius 2 is 1.04 bits per heavy atom. The van der Waals surface area contributed by atoms with Crippen molar-refractivity contribution < 1.29 is 30.6 Å². The normalized spacial score (nSPS) is 13.7. The zero-order valence-electron chi connectivity index (χ0n) is 13.1. The van der Waals surface area contributed by atoms with Crippen LogP contribution in [0.5, 0.6) is 11.5 Å². The van der Waals surface area contributed by atoms with E-state index in [0.29, 0.717) is 22.3 Å². The molecule has 2 unspecified atom stereocenters. The number of hydrogen-bond acceptors (Lipinski definition) is 6. The van der Waals surface area contributed by atoms with Crippen LogP contribution in [0.4, 0.5) is 0 Å². The zero-order valence-corrected chi connectivity index (χ0v) is 13.1. The Labute approximate surface area is 139 Å². The van der Waals surface area contributed by atoms with Crippen LogP contribution >= 0.6 is 0 Å². The van der Waals surface area contributed by atoms with Crippen molar-refractivity contribution in [1.29, 1.82) is 0 Å². The summed E-state index contributed by atoms with van der Waals surface area (Å²) in [4.78, 5) is 0. The van der Waals surface area contributed by atoms with E-state index in [9.17, 15) is 20.4 Å². The molecule has 0 aliphatic carbocycles. The first-order valence-corrected chi connectivity index (χ1v) is 7.66. The van der Waals surface area contributed by atoms with Gasteiger partial charge in [-0.15, -0.1) is 0 Å². The first-order valence-electron chi connectivity index (χ1n) is 7.66. The molecule has 0 fully saturated rings. The lowest BCUT2D eigenvalue weighted by Crippen LogP contribution is -2.15. The van der Waals surface area contributed by atoms with E-state index in [0.717, 1.165) is 0 Å². The molecular weight excluding hydrogens is 312 g/mol. The van der Waals surface area contributed by atoms with E-state index in [1.54, 1.807) is 24.3 Å². The monoisotopic (exact) mass is 334 g/mol. The molecule has 6 nitrogen and oxygen atoms in total. The molecule has 0 aliphatic rings. The molecule has 130 valence electrons. The van der Waals surface area contributed by atoms with Crippen molar-refractivity contribution >= 4 is 0 Å². The molecule has 0 amide bonds. The fourth-order valence-electron chi connectivity index (χ4n) is 2.53. The largest absolute Gasteiger partial charge is 0.507 e. The van der Waals surface area contributed by atoms with Crippen LogP contribution in [0, 0.1) is 0 Å². The van der Waals surface area contributed by atoms with Crippen molar-refractivity contribution in [3.8, 4) is 22.6 Å². The van der Waals surface area contributed by atoms with E-state index in [4.69, 9.17) is 10.2 Å². The summed E-state index contributed by atoms with van der Waals surface area (Å²) in [6, 6.07) is 9.46. The molecule has 24 heavy (non-hydrogen) atoms. The highest BCUT2D eigenvalue weighted by Crippen LogP contribution is 2.37. The number of hydrogen-bond donors (Lipinski definition) is 6. The third-order valence-corrected chi connectivity index (χ3v) is 3.78. The molecule has 6 N–H and O–H groups in total. The van der Waals surface area contributed by atoms with Gasteiger partial charge in [-0.3, -0.25) is 0 Å². The minimum atomic E-state index is -0.901. The number of rotatable bonds is 7. The van der Waals surface area contributed by atoms with Gasteiger partial charge in [0, 0.05) is 24.0 Å². The minimum Gasteiger partial charge on any atom is -0.507 e. The van der Waals surface area contributed by atoms with Crippen LogP contribution in [0.1, 0.15) is 11.1 Å². The summed E-state index contributed by atoms with van der Waals surface area (Å²) >= 11 is 0. The molecular formula is C18H22O6. The summed E-state index contributed by atoms with van der Waals surface area (Å²) in [5.41, 5.74) is 2.17. The van der Waals surface area contributed by atoms with Gasteiger partial charge in [-0.1, -0.05) is 12.1 Å². The Morgan fingerprint density at radius 1 is 0.667 bits per heavy atom. The van der Waals surface area contributed by atoms with Crippen molar-refractivity contribution in [1.82, 2.24) is 0 Å². The Morgan fingerprint density at radius 3 is 1.38 bits per heavy atom. The van der Waals surface area contributed by atoms with Crippen molar-refractivity contribution in [2.75, 3.05) is 13.2 Å². The second kappa shape index (κ2) is 8.12. The Kier molecular flexibility index (Phi) is 6.16. The van der Waals surface area contributed by atoms with Crippen LogP contribution in [-0.2, 0) is 12.8 Å². The SMILES string of the molecule is OCC(O)Cc1ccc(O)c(-c2cc(CC(O)CO)ccc2O)c1. The molecule has 0 saturated carbocycles. The van der Waals surface area contributed by atoms with Gasteiger partial charge in [0.05, 0.1) is 25.4 Å². The number of aliphatic hydroxyl groups is 4. The van der Waals surface area contributed by atoms with Crippen LogP contribution < -0.4 is 0 Å². The standard InChI is InChI=1S/C18H22O6/c19-9-13(21)5-11-1-3-17(23)15(7-11)16-8-12(2-4-18(16)24)6-14(22)10-20/h1-4,7-8,13-14,19-24H,5-6,9-10H2. The third kappa shape index (κ3) is 4.46. The van der Waals surface area contributed by atoms with Crippen molar-refractivity contribution in [2.24, 2.45) is 0 Å². The Hall–Kier alpha value is -2.12. The van der Waals surface area contributed by atoms with Gasteiger partial charge < -0.3 is 30.6 Å². The van der Waals surface area contributed by atoms with Crippen molar-refractivity contribution in [2.45, 2.75) is 25.0 Å². The molecule has 2 rings (SSSR count). The van der Waals surface area contributed by atoms with Gasteiger partial charge in [-0.2, -0.15) is 0 Å². The summed E-state index contributed by atoms with van der Waals surface area (Å²) in [6.07, 6.45) is -1.37. The van der Waals surface area contributed by atoms with Gasteiger partial charge in [0.2, 0.25) is 0 Å². The highest BCUT2D eigenvalue weighted by atomic mass is 16.3. The van der Waals surface area contributed by atoms with Gasteiger partial charge >= 0.3 is 0 Å². The third-order valence-electron chi connectivity index (χ3n) is 3.78. The predicted octanol–water partition coefficient (Wildman–Crippen LogP) is 0.556. The van der Waals surface area contributed by atoms with Crippen LogP contribution in [0.25, 0.3) is 11.1 Å². The number of benzene rings is 2. The molecule has 2 aromatic carbocycles.